The molecule has 0 radical (unpaired) electrons. The number of halogens is 2. The lowest BCUT2D eigenvalue weighted by Gasteiger charge is -2.34. The molecule has 7 nitrogen and oxygen atoms in total. The number of nitrogens with two attached hydrogens (primary N) is 1. The van der Waals surface area contributed by atoms with Crippen LogP contribution in [0.25, 0.3) is 10.7 Å². The Morgan fingerprint density at radius 1 is 1.25 bits per heavy atom. The highest BCUT2D eigenvalue weighted by Gasteiger charge is 2.29. The van der Waals surface area contributed by atoms with Crippen LogP contribution in [-0.2, 0) is 11.3 Å². The van der Waals surface area contributed by atoms with E-state index in [-0.39, 0.29) is 36.8 Å². The van der Waals surface area contributed by atoms with Gasteiger partial charge in [-0.2, -0.15) is 4.98 Å². The molecular formula is C18H27Cl2N5O2S. The molecule has 2 aromatic heterocycles. The van der Waals surface area contributed by atoms with Gasteiger partial charge < -0.3 is 15.2 Å². The fourth-order valence-electron chi connectivity index (χ4n) is 3.84. The first-order valence-electron chi connectivity index (χ1n) is 9.31. The van der Waals surface area contributed by atoms with Crippen molar-refractivity contribution in [3.8, 4) is 10.7 Å². The fraction of sp³-hybridized carbons (Fsp3) is 0.611. The molecule has 2 fully saturated rings. The van der Waals surface area contributed by atoms with Crippen molar-refractivity contribution >= 4 is 42.1 Å². The van der Waals surface area contributed by atoms with E-state index in [1.54, 1.807) is 11.3 Å². The minimum absolute atomic E-state index is 0. The molecule has 2 atom stereocenters. The predicted octanol–water partition coefficient (Wildman–Crippen LogP) is 2.80. The van der Waals surface area contributed by atoms with Gasteiger partial charge >= 0.3 is 0 Å². The van der Waals surface area contributed by atoms with Gasteiger partial charge in [0.05, 0.1) is 11.4 Å². The molecule has 1 aliphatic carbocycles. The highest BCUT2D eigenvalue weighted by atomic mass is 35.5. The normalized spacial score (nSPS) is 22.5. The average molecular weight is 448 g/mol. The monoisotopic (exact) mass is 447 g/mol. The summed E-state index contributed by atoms with van der Waals surface area (Å²) in [5.41, 5.74) is 6.10. The molecular weight excluding hydrogens is 421 g/mol. The summed E-state index contributed by atoms with van der Waals surface area (Å²) in [5.74, 6) is 1.90. The van der Waals surface area contributed by atoms with E-state index in [0.717, 1.165) is 50.3 Å². The highest BCUT2D eigenvalue weighted by Crippen LogP contribution is 2.27. The van der Waals surface area contributed by atoms with Crippen molar-refractivity contribution in [2.45, 2.75) is 38.3 Å². The second-order valence-electron chi connectivity index (χ2n) is 7.20. The molecule has 28 heavy (non-hydrogen) atoms. The maximum absolute atomic E-state index is 12.5. The van der Waals surface area contributed by atoms with Crippen LogP contribution in [0.5, 0.6) is 0 Å². The Morgan fingerprint density at radius 3 is 2.68 bits per heavy atom. The van der Waals surface area contributed by atoms with Crippen LogP contribution in [0.15, 0.2) is 22.0 Å². The number of aromatic nitrogens is 2. The number of amides is 1. The first-order chi connectivity index (χ1) is 12.7. The first kappa shape index (κ1) is 23.1. The van der Waals surface area contributed by atoms with E-state index in [9.17, 15) is 4.79 Å². The smallest absolute Gasteiger partial charge is 0.241 e. The molecule has 156 valence electrons. The van der Waals surface area contributed by atoms with Gasteiger partial charge in [-0.3, -0.25) is 9.69 Å². The van der Waals surface area contributed by atoms with E-state index in [1.165, 1.54) is 0 Å². The van der Waals surface area contributed by atoms with Gasteiger partial charge in [0.25, 0.3) is 0 Å². The summed E-state index contributed by atoms with van der Waals surface area (Å²) >= 11 is 1.60. The second kappa shape index (κ2) is 10.5. The molecule has 1 saturated heterocycles. The van der Waals surface area contributed by atoms with Gasteiger partial charge in [-0.25, -0.2) is 0 Å². The minimum Gasteiger partial charge on any atom is -0.340 e. The quantitative estimate of drug-likeness (QED) is 0.757. The number of hydrogen-bond acceptors (Lipinski definition) is 7. The number of rotatable bonds is 5. The van der Waals surface area contributed by atoms with Gasteiger partial charge in [0.1, 0.15) is 0 Å². The van der Waals surface area contributed by atoms with E-state index in [0.29, 0.717) is 30.6 Å². The predicted molar refractivity (Wildman–Crippen MR) is 114 cm³/mol. The zero-order valence-electron chi connectivity index (χ0n) is 15.7. The van der Waals surface area contributed by atoms with Crippen molar-refractivity contribution in [1.82, 2.24) is 19.9 Å². The number of piperazine rings is 1. The number of carbonyl (C=O) groups is 1. The zero-order chi connectivity index (χ0) is 17.9. The largest absolute Gasteiger partial charge is 0.340 e. The van der Waals surface area contributed by atoms with Gasteiger partial charge in [0.15, 0.2) is 0 Å². The second-order valence-corrected chi connectivity index (χ2v) is 8.15. The highest BCUT2D eigenvalue weighted by molar-refractivity contribution is 7.13. The Kier molecular flexibility index (Phi) is 8.70. The third kappa shape index (κ3) is 5.45. The molecule has 2 aromatic rings. The lowest BCUT2D eigenvalue weighted by atomic mass is 9.99. The maximum Gasteiger partial charge on any atom is 0.241 e. The van der Waals surface area contributed by atoms with Crippen LogP contribution in [0.3, 0.4) is 0 Å². The summed E-state index contributed by atoms with van der Waals surface area (Å²) in [7, 11) is 0. The summed E-state index contributed by atoms with van der Waals surface area (Å²) in [6.45, 7) is 3.81. The molecule has 1 saturated carbocycles. The molecule has 1 amide bonds. The Hall–Kier alpha value is -1.19. The average Bonchev–Trinajstić information content (AvgIpc) is 3.38. The van der Waals surface area contributed by atoms with Crippen molar-refractivity contribution in [2.24, 2.45) is 11.7 Å². The van der Waals surface area contributed by atoms with Crippen LogP contribution in [0.4, 0.5) is 0 Å². The van der Waals surface area contributed by atoms with E-state index >= 15 is 0 Å². The van der Waals surface area contributed by atoms with Crippen LogP contribution in [0.1, 0.15) is 31.6 Å². The number of carbonyl (C=O) groups excluding carboxylic acids is 1. The third-order valence-corrected chi connectivity index (χ3v) is 6.31. The summed E-state index contributed by atoms with van der Waals surface area (Å²) < 4.78 is 5.38. The first-order valence-corrected chi connectivity index (χ1v) is 10.2. The Morgan fingerprint density at radius 2 is 2.04 bits per heavy atom. The summed E-state index contributed by atoms with van der Waals surface area (Å²) in [6.07, 6.45) is 3.92. The summed E-state index contributed by atoms with van der Waals surface area (Å²) in [6, 6.07) is 4.17. The molecule has 2 aliphatic rings. The topological polar surface area (TPSA) is 88.5 Å². The third-order valence-electron chi connectivity index (χ3n) is 5.45. The lowest BCUT2D eigenvalue weighted by Crippen LogP contribution is -2.49. The van der Waals surface area contributed by atoms with Crippen molar-refractivity contribution in [3.63, 3.8) is 0 Å². The maximum atomic E-state index is 12.5. The molecule has 0 unspecified atom stereocenters. The van der Waals surface area contributed by atoms with Gasteiger partial charge in [-0.1, -0.05) is 17.6 Å². The molecule has 3 heterocycles. The van der Waals surface area contributed by atoms with Gasteiger partial charge in [-0.15, -0.1) is 36.2 Å². The Labute approximate surface area is 181 Å². The van der Waals surface area contributed by atoms with E-state index in [2.05, 4.69) is 15.0 Å². The SMILES string of the molecule is Cl.Cl.N[C@@H]1CCC[C@H]1CC(=O)N1CCN(Cc2nc(-c3cccs3)no2)CC1. The van der Waals surface area contributed by atoms with Crippen LogP contribution in [-0.4, -0.2) is 58.1 Å². The van der Waals surface area contributed by atoms with E-state index in [1.807, 2.05) is 22.4 Å². The zero-order valence-corrected chi connectivity index (χ0v) is 18.1. The van der Waals surface area contributed by atoms with Crippen molar-refractivity contribution < 1.29 is 9.32 Å². The number of nitrogens with zero attached hydrogens (tertiary/aromatic N) is 4. The standard InChI is InChI=1S/C18H25N5O2S.2ClH/c19-14-4-1-3-13(14)11-17(24)23-8-6-22(7-9-23)12-16-20-18(21-25-16)15-5-2-10-26-15;;/h2,5,10,13-14H,1,3-4,6-9,11-12,19H2;2*1H/t13-,14+;;/m0../s1. The minimum atomic E-state index is 0. The number of hydrogen-bond donors (Lipinski definition) is 1. The van der Waals surface area contributed by atoms with Crippen molar-refractivity contribution in [1.29, 1.82) is 0 Å². The molecule has 2 N–H and O–H groups in total. The lowest BCUT2D eigenvalue weighted by molar-refractivity contribution is -0.134. The van der Waals surface area contributed by atoms with Crippen LogP contribution in [0, 0.1) is 5.92 Å². The Bertz CT molecular complexity index is 734. The number of thiophene rings is 1. The molecule has 0 spiro atoms. The fourth-order valence-corrected chi connectivity index (χ4v) is 4.49. The van der Waals surface area contributed by atoms with Crippen LogP contribution >= 0.6 is 36.2 Å². The summed E-state index contributed by atoms with van der Waals surface area (Å²) in [4.78, 5) is 22.2. The Balaban J connectivity index is 0.00000140. The molecule has 4 rings (SSSR count). The van der Waals surface area contributed by atoms with Crippen molar-refractivity contribution in [3.05, 3.63) is 23.4 Å². The van der Waals surface area contributed by atoms with E-state index < -0.39 is 0 Å². The van der Waals surface area contributed by atoms with Gasteiger partial charge in [-0.05, 0) is 30.2 Å². The van der Waals surface area contributed by atoms with Gasteiger partial charge in [0.2, 0.25) is 17.6 Å². The van der Waals surface area contributed by atoms with E-state index in [4.69, 9.17) is 10.3 Å². The van der Waals surface area contributed by atoms with Gasteiger partial charge in [0, 0.05) is 38.6 Å². The molecule has 0 bridgehead atoms. The molecule has 0 aromatic carbocycles. The van der Waals surface area contributed by atoms with Crippen molar-refractivity contribution in [2.75, 3.05) is 26.2 Å². The molecule has 1 aliphatic heterocycles. The summed E-state index contributed by atoms with van der Waals surface area (Å²) in [5, 5.41) is 6.05. The molecule has 10 heteroatoms. The van der Waals surface area contributed by atoms with Crippen LogP contribution in [0.2, 0.25) is 0 Å². The van der Waals surface area contributed by atoms with Crippen LogP contribution < -0.4 is 5.73 Å².